The number of rotatable bonds is 6. The van der Waals surface area contributed by atoms with Crippen LogP contribution in [0, 0.1) is 6.92 Å². The van der Waals surface area contributed by atoms with Gasteiger partial charge < -0.3 is 4.74 Å². The van der Waals surface area contributed by atoms with Gasteiger partial charge in [0, 0.05) is 10.0 Å². The van der Waals surface area contributed by atoms with Crippen molar-refractivity contribution in [1.29, 1.82) is 0 Å². The fourth-order valence-electron chi connectivity index (χ4n) is 3.39. The number of benzene rings is 4. The maximum atomic E-state index is 12.5. The van der Waals surface area contributed by atoms with Crippen molar-refractivity contribution in [3.05, 3.63) is 112 Å². The van der Waals surface area contributed by atoms with Crippen molar-refractivity contribution in [3.63, 3.8) is 0 Å². The monoisotopic (exact) mass is 500 g/mol. The number of nitrogens with one attached hydrogen (secondary N) is 1. The molecule has 4 aromatic rings. The molecule has 33 heavy (non-hydrogen) atoms. The van der Waals surface area contributed by atoms with E-state index in [9.17, 15) is 9.59 Å². The van der Waals surface area contributed by atoms with E-state index in [1.807, 2.05) is 61.5 Å². The largest absolute Gasteiger partial charge is 0.422 e. The van der Waals surface area contributed by atoms with Crippen LogP contribution in [0.2, 0.25) is 0 Å². The lowest BCUT2D eigenvalue weighted by molar-refractivity contribution is -0.120. The Morgan fingerprint density at radius 1 is 0.970 bits per heavy atom. The van der Waals surface area contributed by atoms with Crippen molar-refractivity contribution in [1.82, 2.24) is 5.43 Å². The van der Waals surface area contributed by atoms with Gasteiger partial charge in [-0.25, -0.2) is 10.2 Å². The summed E-state index contributed by atoms with van der Waals surface area (Å²) < 4.78 is 6.36. The molecule has 0 bridgehead atoms. The van der Waals surface area contributed by atoms with E-state index in [1.165, 1.54) is 6.21 Å². The van der Waals surface area contributed by atoms with Gasteiger partial charge in [0.2, 0.25) is 5.91 Å². The number of hydrazone groups is 1. The number of fused-ring (bicyclic) bond motifs is 1. The molecular weight excluding hydrogens is 480 g/mol. The van der Waals surface area contributed by atoms with E-state index in [0.717, 1.165) is 26.4 Å². The van der Waals surface area contributed by atoms with Gasteiger partial charge in [0.25, 0.3) is 0 Å². The highest BCUT2D eigenvalue weighted by atomic mass is 79.9. The molecule has 0 radical (unpaired) electrons. The van der Waals surface area contributed by atoms with Crippen LogP contribution in [0.15, 0.2) is 94.5 Å². The molecule has 0 atom stereocenters. The van der Waals surface area contributed by atoms with Gasteiger partial charge in [-0.3, -0.25) is 4.79 Å². The number of carbonyl (C=O) groups excluding carboxylic acids is 2. The number of halogens is 1. The van der Waals surface area contributed by atoms with Gasteiger partial charge in [-0.05, 0) is 53.6 Å². The van der Waals surface area contributed by atoms with E-state index in [-0.39, 0.29) is 12.3 Å². The van der Waals surface area contributed by atoms with E-state index in [4.69, 9.17) is 4.74 Å². The summed E-state index contributed by atoms with van der Waals surface area (Å²) in [5.41, 5.74) is 5.55. The maximum Gasteiger partial charge on any atom is 0.343 e. The van der Waals surface area contributed by atoms with Crippen molar-refractivity contribution >= 4 is 44.8 Å². The summed E-state index contributed by atoms with van der Waals surface area (Å²) in [4.78, 5) is 25.0. The molecule has 0 saturated heterocycles. The summed E-state index contributed by atoms with van der Waals surface area (Å²) in [6.45, 7) is 1.95. The van der Waals surface area contributed by atoms with E-state index in [2.05, 4.69) is 26.5 Å². The van der Waals surface area contributed by atoms with Crippen molar-refractivity contribution in [2.45, 2.75) is 13.3 Å². The molecule has 1 N–H and O–H groups in total. The van der Waals surface area contributed by atoms with E-state index in [0.29, 0.717) is 16.9 Å². The van der Waals surface area contributed by atoms with Crippen molar-refractivity contribution < 1.29 is 14.3 Å². The summed E-state index contributed by atoms with van der Waals surface area (Å²) >= 11 is 3.41. The third-order valence-electron chi connectivity index (χ3n) is 5.09. The number of esters is 1. The van der Waals surface area contributed by atoms with Gasteiger partial charge in [0.15, 0.2) is 0 Å². The molecule has 0 unspecified atom stereocenters. The normalized spacial score (nSPS) is 11.0. The SMILES string of the molecule is Cc1ccc(C(=O)Oc2ccc(Br)cc2/C=N/NC(=O)Cc2cccc3ccccc23)cc1. The Morgan fingerprint density at radius 3 is 2.55 bits per heavy atom. The van der Waals surface area contributed by atoms with Gasteiger partial charge in [-0.15, -0.1) is 0 Å². The predicted molar refractivity (Wildman–Crippen MR) is 134 cm³/mol. The lowest BCUT2D eigenvalue weighted by atomic mass is 10.0. The fraction of sp³-hybridized carbons (Fsp3) is 0.0741. The van der Waals surface area contributed by atoms with Crippen LogP contribution in [0.4, 0.5) is 0 Å². The second kappa shape index (κ2) is 10.2. The summed E-state index contributed by atoms with van der Waals surface area (Å²) in [6, 6.07) is 26.2. The summed E-state index contributed by atoms with van der Waals surface area (Å²) in [5, 5.41) is 6.20. The standard InChI is InChI=1S/C27H21BrN2O3/c1-18-9-11-20(12-10-18)27(32)33-25-14-13-23(28)15-22(25)17-29-30-26(31)16-21-7-4-6-19-5-2-3-8-24(19)21/h2-15,17H,16H2,1H3,(H,30,31)/b29-17+. The van der Waals surface area contributed by atoms with Crippen LogP contribution in [0.25, 0.3) is 10.8 Å². The highest BCUT2D eigenvalue weighted by Crippen LogP contribution is 2.23. The number of aryl methyl sites for hydroxylation is 1. The highest BCUT2D eigenvalue weighted by molar-refractivity contribution is 9.10. The van der Waals surface area contributed by atoms with Gasteiger partial charge in [-0.1, -0.05) is 76.1 Å². The Balaban J connectivity index is 1.45. The minimum atomic E-state index is -0.466. The molecule has 164 valence electrons. The highest BCUT2D eigenvalue weighted by Gasteiger charge is 2.12. The zero-order chi connectivity index (χ0) is 23.2. The molecule has 0 aliphatic heterocycles. The van der Waals surface area contributed by atoms with Gasteiger partial charge in [0.1, 0.15) is 5.75 Å². The zero-order valence-corrected chi connectivity index (χ0v) is 19.5. The average Bonchev–Trinajstić information content (AvgIpc) is 2.81. The molecule has 1 amide bonds. The Bertz CT molecular complexity index is 1340. The van der Waals surface area contributed by atoms with Crippen LogP contribution in [0.5, 0.6) is 5.75 Å². The summed E-state index contributed by atoms with van der Waals surface area (Å²) in [5.74, 6) is -0.362. The lowest BCUT2D eigenvalue weighted by Gasteiger charge is -2.08. The lowest BCUT2D eigenvalue weighted by Crippen LogP contribution is -2.20. The van der Waals surface area contributed by atoms with Crippen molar-refractivity contribution in [3.8, 4) is 5.75 Å². The summed E-state index contributed by atoms with van der Waals surface area (Å²) in [7, 11) is 0. The first kappa shape index (κ1) is 22.4. The Kier molecular flexibility index (Phi) is 6.95. The number of nitrogens with zero attached hydrogens (tertiary/aromatic N) is 1. The Hall–Kier alpha value is -3.77. The van der Waals surface area contributed by atoms with Crippen LogP contribution in [0.3, 0.4) is 0 Å². The third kappa shape index (κ3) is 5.73. The molecule has 4 rings (SSSR count). The maximum absolute atomic E-state index is 12.5. The first-order valence-electron chi connectivity index (χ1n) is 10.4. The zero-order valence-electron chi connectivity index (χ0n) is 17.9. The van der Waals surface area contributed by atoms with Gasteiger partial charge in [-0.2, -0.15) is 5.10 Å². The molecular formula is C27H21BrN2O3. The van der Waals surface area contributed by atoms with Crippen LogP contribution < -0.4 is 10.2 Å². The fourth-order valence-corrected chi connectivity index (χ4v) is 3.77. The average molecular weight is 501 g/mol. The van der Waals surface area contributed by atoms with E-state index in [1.54, 1.807) is 30.3 Å². The third-order valence-corrected chi connectivity index (χ3v) is 5.58. The van der Waals surface area contributed by atoms with E-state index < -0.39 is 5.97 Å². The van der Waals surface area contributed by atoms with Crippen LogP contribution in [0.1, 0.15) is 27.0 Å². The van der Waals surface area contributed by atoms with Crippen molar-refractivity contribution in [2.24, 2.45) is 5.10 Å². The number of ether oxygens (including phenoxy) is 1. The van der Waals surface area contributed by atoms with E-state index >= 15 is 0 Å². The number of hydrogen-bond donors (Lipinski definition) is 1. The first-order chi connectivity index (χ1) is 16.0. The van der Waals surface area contributed by atoms with Crippen LogP contribution in [-0.4, -0.2) is 18.1 Å². The minimum Gasteiger partial charge on any atom is -0.422 e. The minimum absolute atomic E-state index is 0.201. The first-order valence-corrected chi connectivity index (χ1v) is 11.2. The smallest absolute Gasteiger partial charge is 0.343 e. The number of carbonyl (C=O) groups is 2. The predicted octanol–water partition coefficient (Wildman–Crippen LogP) is 5.82. The topological polar surface area (TPSA) is 67.8 Å². The van der Waals surface area contributed by atoms with Gasteiger partial charge >= 0.3 is 5.97 Å². The van der Waals surface area contributed by atoms with Gasteiger partial charge in [0.05, 0.1) is 18.2 Å². The molecule has 0 aliphatic carbocycles. The molecule has 0 aromatic heterocycles. The Labute approximate surface area is 200 Å². The molecule has 0 spiro atoms. The number of hydrogen-bond acceptors (Lipinski definition) is 4. The molecule has 5 nitrogen and oxygen atoms in total. The molecule has 0 fully saturated rings. The molecule has 4 aromatic carbocycles. The quantitative estimate of drug-likeness (QED) is 0.157. The van der Waals surface area contributed by atoms with Crippen LogP contribution in [-0.2, 0) is 11.2 Å². The molecule has 6 heteroatoms. The molecule has 0 saturated carbocycles. The summed E-state index contributed by atoms with van der Waals surface area (Å²) in [6.07, 6.45) is 1.66. The molecule has 0 heterocycles. The second-order valence-corrected chi connectivity index (χ2v) is 8.46. The Morgan fingerprint density at radius 2 is 1.73 bits per heavy atom. The van der Waals surface area contributed by atoms with Crippen LogP contribution >= 0.6 is 15.9 Å². The molecule has 0 aliphatic rings. The number of amides is 1. The second-order valence-electron chi connectivity index (χ2n) is 7.55. The van der Waals surface area contributed by atoms with Crippen molar-refractivity contribution in [2.75, 3.05) is 0 Å².